The van der Waals surface area contributed by atoms with Crippen LogP contribution in [-0.2, 0) is 9.59 Å². The smallest absolute Gasteiger partial charge is 0.282 e. The largest absolute Gasteiger partial charge is 0.454 e. The standard InChI is InChI=1S/C24H17ClN2O4/c1-14-3-2-4-18(11-14)27-23(28)21(15-5-7-16(25)8-6-15)22(24(27)29)26-17-9-10-19-20(12-17)31-13-30-19/h2-12,26H,13H2,1H3. The summed E-state index contributed by atoms with van der Waals surface area (Å²) in [5.41, 5.74) is 3.14. The lowest BCUT2D eigenvalue weighted by Crippen LogP contribution is -2.32. The average Bonchev–Trinajstić information content (AvgIpc) is 3.31. The van der Waals surface area contributed by atoms with Gasteiger partial charge in [-0.05, 0) is 54.4 Å². The Labute approximate surface area is 183 Å². The molecule has 0 aromatic heterocycles. The molecule has 2 amide bonds. The zero-order chi connectivity index (χ0) is 21.5. The van der Waals surface area contributed by atoms with Gasteiger partial charge in [-0.1, -0.05) is 35.9 Å². The minimum atomic E-state index is -0.432. The highest BCUT2D eigenvalue weighted by Gasteiger charge is 2.40. The molecule has 0 saturated heterocycles. The molecule has 0 unspecified atom stereocenters. The number of ether oxygens (including phenoxy) is 2. The summed E-state index contributed by atoms with van der Waals surface area (Å²) in [6.45, 7) is 2.06. The molecule has 2 aliphatic rings. The molecule has 3 aromatic carbocycles. The fourth-order valence-corrected chi connectivity index (χ4v) is 3.78. The van der Waals surface area contributed by atoms with Crippen molar-refractivity contribution in [2.75, 3.05) is 17.0 Å². The van der Waals surface area contributed by atoms with Crippen molar-refractivity contribution in [3.63, 3.8) is 0 Å². The van der Waals surface area contributed by atoms with Crippen molar-refractivity contribution >= 4 is 40.4 Å². The summed E-state index contributed by atoms with van der Waals surface area (Å²) >= 11 is 6.03. The van der Waals surface area contributed by atoms with E-state index in [1.807, 2.05) is 19.1 Å². The summed E-state index contributed by atoms with van der Waals surface area (Å²) in [4.78, 5) is 28.0. The number of carbonyl (C=O) groups is 2. The van der Waals surface area contributed by atoms with Crippen LogP contribution in [0.2, 0.25) is 5.02 Å². The number of fused-ring (bicyclic) bond motifs is 1. The van der Waals surface area contributed by atoms with Crippen LogP contribution in [0.1, 0.15) is 11.1 Å². The lowest BCUT2D eigenvalue weighted by atomic mass is 10.0. The maximum absolute atomic E-state index is 13.4. The van der Waals surface area contributed by atoms with Crippen LogP contribution in [0.25, 0.3) is 5.57 Å². The number of hydrogen-bond acceptors (Lipinski definition) is 5. The summed E-state index contributed by atoms with van der Waals surface area (Å²) in [5, 5.41) is 3.67. The molecule has 0 saturated carbocycles. The highest BCUT2D eigenvalue weighted by atomic mass is 35.5. The number of halogens is 1. The van der Waals surface area contributed by atoms with Crippen molar-refractivity contribution in [3.8, 4) is 11.5 Å². The molecule has 6 nitrogen and oxygen atoms in total. The zero-order valence-corrected chi connectivity index (χ0v) is 17.3. The normalized spacial score (nSPS) is 15.1. The first-order valence-electron chi connectivity index (χ1n) is 9.63. The minimum Gasteiger partial charge on any atom is -0.454 e. The molecule has 0 spiro atoms. The molecule has 2 aliphatic heterocycles. The Bertz CT molecular complexity index is 1250. The highest BCUT2D eigenvalue weighted by molar-refractivity contribution is 6.46. The van der Waals surface area contributed by atoms with Gasteiger partial charge in [0.25, 0.3) is 11.8 Å². The highest BCUT2D eigenvalue weighted by Crippen LogP contribution is 2.37. The summed E-state index contributed by atoms with van der Waals surface area (Å²) in [6, 6.07) is 19.4. The van der Waals surface area contributed by atoms with Gasteiger partial charge >= 0.3 is 0 Å². The third-order valence-electron chi connectivity index (χ3n) is 5.12. The van der Waals surface area contributed by atoms with Gasteiger partial charge in [0.2, 0.25) is 6.79 Å². The van der Waals surface area contributed by atoms with Crippen molar-refractivity contribution in [1.29, 1.82) is 0 Å². The van der Waals surface area contributed by atoms with Gasteiger partial charge in [0.1, 0.15) is 5.70 Å². The van der Waals surface area contributed by atoms with Gasteiger partial charge in [0, 0.05) is 16.8 Å². The Balaban J connectivity index is 1.60. The lowest BCUT2D eigenvalue weighted by Gasteiger charge is -2.16. The molecule has 0 aliphatic carbocycles. The van der Waals surface area contributed by atoms with Gasteiger partial charge in [-0.15, -0.1) is 0 Å². The quantitative estimate of drug-likeness (QED) is 0.601. The molecule has 31 heavy (non-hydrogen) atoms. The van der Waals surface area contributed by atoms with Crippen molar-refractivity contribution in [3.05, 3.63) is 88.6 Å². The molecule has 0 bridgehead atoms. The van der Waals surface area contributed by atoms with E-state index in [1.54, 1.807) is 54.6 Å². The van der Waals surface area contributed by atoms with Crippen LogP contribution in [0, 0.1) is 6.92 Å². The summed E-state index contributed by atoms with van der Waals surface area (Å²) in [6.07, 6.45) is 0. The molecule has 0 atom stereocenters. The first-order chi connectivity index (χ1) is 15.0. The van der Waals surface area contributed by atoms with Crippen molar-refractivity contribution in [2.45, 2.75) is 6.92 Å². The maximum atomic E-state index is 13.4. The summed E-state index contributed by atoms with van der Waals surface area (Å²) in [7, 11) is 0. The van der Waals surface area contributed by atoms with E-state index in [1.165, 1.54) is 4.90 Å². The number of benzene rings is 3. The van der Waals surface area contributed by atoms with E-state index < -0.39 is 11.8 Å². The van der Waals surface area contributed by atoms with Crippen LogP contribution in [0.3, 0.4) is 0 Å². The molecule has 0 radical (unpaired) electrons. The molecule has 7 heteroatoms. The van der Waals surface area contributed by atoms with Crippen LogP contribution in [0.4, 0.5) is 11.4 Å². The van der Waals surface area contributed by atoms with Crippen LogP contribution in [-0.4, -0.2) is 18.6 Å². The van der Waals surface area contributed by atoms with Crippen LogP contribution in [0.15, 0.2) is 72.4 Å². The van der Waals surface area contributed by atoms with Crippen LogP contribution in [0.5, 0.6) is 11.5 Å². The lowest BCUT2D eigenvalue weighted by molar-refractivity contribution is -0.120. The number of imide groups is 1. The van der Waals surface area contributed by atoms with E-state index in [0.717, 1.165) is 5.56 Å². The van der Waals surface area contributed by atoms with Gasteiger partial charge in [0.15, 0.2) is 11.5 Å². The van der Waals surface area contributed by atoms with Gasteiger partial charge in [-0.2, -0.15) is 0 Å². The molecular weight excluding hydrogens is 416 g/mol. The topological polar surface area (TPSA) is 67.9 Å². The Morgan fingerprint density at radius 2 is 1.68 bits per heavy atom. The maximum Gasteiger partial charge on any atom is 0.282 e. The van der Waals surface area contributed by atoms with Crippen molar-refractivity contribution in [2.24, 2.45) is 0 Å². The predicted molar refractivity (Wildman–Crippen MR) is 118 cm³/mol. The number of amides is 2. The second kappa shape index (κ2) is 7.49. The minimum absolute atomic E-state index is 0.149. The van der Waals surface area contributed by atoms with Crippen molar-refractivity contribution in [1.82, 2.24) is 0 Å². The Hall–Kier alpha value is -3.77. The molecule has 154 valence electrons. The number of rotatable bonds is 4. The fraction of sp³-hybridized carbons (Fsp3) is 0.0833. The molecule has 5 rings (SSSR count). The molecule has 1 N–H and O–H groups in total. The fourth-order valence-electron chi connectivity index (χ4n) is 3.65. The van der Waals surface area contributed by atoms with E-state index in [-0.39, 0.29) is 18.1 Å². The first-order valence-corrected chi connectivity index (χ1v) is 10.0. The van der Waals surface area contributed by atoms with Crippen LogP contribution >= 0.6 is 11.6 Å². The second-order valence-electron chi connectivity index (χ2n) is 7.23. The van der Waals surface area contributed by atoms with E-state index in [4.69, 9.17) is 21.1 Å². The summed E-state index contributed by atoms with van der Waals surface area (Å²) in [5.74, 6) is 0.373. The number of nitrogens with zero attached hydrogens (tertiary/aromatic N) is 1. The second-order valence-corrected chi connectivity index (χ2v) is 7.67. The monoisotopic (exact) mass is 432 g/mol. The first kappa shape index (κ1) is 19.2. The third kappa shape index (κ3) is 3.41. The third-order valence-corrected chi connectivity index (χ3v) is 5.37. The Kier molecular flexibility index (Phi) is 4.64. The SMILES string of the molecule is Cc1cccc(N2C(=O)C(Nc3ccc4c(c3)OCO4)=C(c3ccc(Cl)cc3)C2=O)c1. The molecule has 0 fully saturated rings. The van der Waals surface area contributed by atoms with E-state index in [2.05, 4.69) is 5.32 Å². The van der Waals surface area contributed by atoms with E-state index in [9.17, 15) is 9.59 Å². The zero-order valence-electron chi connectivity index (χ0n) is 16.5. The molecular formula is C24H17ClN2O4. The van der Waals surface area contributed by atoms with Crippen molar-refractivity contribution < 1.29 is 19.1 Å². The Morgan fingerprint density at radius 3 is 2.45 bits per heavy atom. The Morgan fingerprint density at radius 1 is 0.903 bits per heavy atom. The number of carbonyl (C=O) groups excluding carboxylic acids is 2. The predicted octanol–water partition coefficient (Wildman–Crippen LogP) is 4.77. The van der Waals surface area contributed by atoms with Gasteiger partial charge < -0.3 is 14.8 Å². The van der Waals surface area contributed by atoms with E-state index >= 15 is 0 Å². The van der Waals surface area contributed by atoms with Gasteiger partial charge in [-0.25, -0.2) is 4.90 Å². The van der Waals surface area contributed by atoms with E-state index in [0.29, 0.717) is 33.5 Å². The summed E-state index contributed by atoms with van der Waals surface area (Å²) < 4.78 is 10.8. The molecule has 2 heterocycles. The number of nitrogens with one attached hydrogen (secondary N) is 1. The number of hydrogen-bond donors (Lipinski definition) is 1. The van der Waals surface area contributed by atoms with Gasteiger partial charge in [0.05, 0.1) is 11.3 Å². The average molecular weight is 433 g/mol. The number of aryl methyl sites for hydroxylation is 1. The molecule has 3 aromatic rings. The van der Waals surface area contributed by atoms with Crippen LogP contribution < -0.4 is 19.7 Å². The number of anilines is 2. The van der Waals surface area contributed by atoms with Gasteiger partial charge in [-0.3, -0.25) is 9.59 Å².